The maximum absolute atomic E-state index is 12.3. The third kappa shape index (κ3) is 6.62. The van der Waals surface area contributed by atoms with Crippen LogP contribution in [0, 0.1) is 6.92 Å². The van der Waals surface area contributed by atoms with Crippen molar-refractivity contribution in [3.63, 3.8) is 0 Å². The molecule has 1 amide bonds. The van der Waals surface area contributed by atoms with Crippen molar-refractivity contribution in [1.29, 1.82) is 0 Å². The first-order chi connectivity index (χ1) is 18.9. The molecule has 0 aliphatic carbocycles. The van der Waals surface area contributed by atoms with Gasteiger partial charge in [-0.15, -0.1) is 0 Å². The lowest BCUT2D eigenvalue weighted by Crippen LogP contribution is -2.52. The first-order valence-electron chi connectivity index (χ1n) is 14.5. The minimum absolute atomic E-state index is 0.0348. The zero-order chi connectivity index (χ0) is 27.4. The molecule has 0 bridgehead atoms. The number of carbonyl (C=O) groups is 1. The Hall–Kier alpha value is -2.95. The van der Waals surface area contributed by atoms with Crippen LogP contribution >= 0.6 is 0 Å². The molecule has 1 aromatic heterocycles. The van der Waals surface area contributed by atoms with Gasteiger partial charge in [-0.2, -0.15) is 4.98 Å². The summed E-state index contributed by atoms with van der Waals surface area (Å²) in [5.74, 6) is 0.191. The number of nitrogens with two attached hydrogens (primary N) is 1. The lowest BCUT2D eigenvalue weighted by atomic mass is 10.0. The summed E-state index contributed by atoms with van der Waals surface area (Å²) >= 11 is 0. The van der Waals surface area contributed by atoms with Gasteiger partial charge in [-0.05, 0) is 76.4 Å². The highest BCUT2D eigenvalue weighted by Crippen LogP contribution is 2.30. The molecule has 2 aromatic rings. The van der Waals surface area contributed by atoms with E-state index in [4.69, 9.17) is 15.5 Å². The number of rotatable bonds is 8. The van der Waals surface area contributed by atoms with E-state index in [1.807, 2.05) is 13.0 Å². The third-order valence-corrected chi connectivity index (χ3v) is 8.35. The summed E-state index contributed by atoms with van der Waals surface area (Å²) in [7, 11) is 2.21. The van der Waals surface area contributed by atoms with Crippen LogP contribution in [-0.4, -0.2) is 97.2 Å². The van der Waals surface area contributed by atoms with Crippen molar-refractivity contribution in [3.05, 3.63) is 35.2 Å². The molecule has 1 aromatic carbocycles. The molecule has 4 heterocycles. The van der Waals surface area contributed by atoms with Crippen LogP contribution in [0.1, 0.15) is 54.4 Å². The summed E-state index contributed by atoms with van der Waals surface area (Å²) in [5.41, 5.74) is 9.77. The molecule has 5 rings (SSSR count). The number of primary amides is 1. The van der Waals surface area contributed by atoms with Crippen molar-refractivity contribution in [1.82, 2.24) is 25.1 Å². The lowest BCUT2D eigenvalue weighted by molar-refractivity contribution is 0.0982. The molecule has 3 fully saturated rings. The number of ether oxygens (including phenoxy) is 1. The molecule has 0 unspecified atom stereocenters. The van der Waals surface area contributed by atoms with Gasteiger partial charge in [-0.25, -0.2) is 4.98 Å². The molecule has 10 heteroatoms. The van der Waals surface area contributed by atoms with Crippen molar-refractivity contribution in [2.45, 2.75) is 58.1 Å². The summed E-state index contributed by atoms with van der Waals surface area (Å²) < 4.78 is 6.23. The van der Waals surface area contributed by atoms with E-state index in [2.05, 4.69) is 56.4 Å². The Morgan fingerprint density at radius 1 is 1.13 bits per heavy atom. The molecule has 0 radical (unpaired) electrons. The fraction of sp³-hybridized carbons (Fsp3) is 0.621. The largest absolute Gasteiger partial charge is 0.472 e. The van der Waals surface area contributed by atoms with E-state index >= 15 is 0 Å². The van der Waals surface area contributed by atoms with Gasteiger partial charge in [0.15, 0.2) is 11.5 Å². The van der Waals surface area contributed by atoms with Crippen LogP contribution in [0.15, 0.2) is 18.2 Å². The molecule has 10 nitrogen and oxygen atoms in total. The van der Waals surface area contributed by atoms with E-state index in [0.717, 1.165) is 44.7 Å². The Balaban J connectivity index is 1.28. The SMILES string of the molecule is CCc1nc(C(N)=O)c(Nc2ccc(N3CCC(N4CCN(C)CC4)CC3)c(C)c2)nc1O[C@@H]1CCCNC1. The summed E-state index contributed by atoms with van der Waals surface area (Å²) in [5, 5.41) is 6.67. The minimum Gasteiger partial charge on any atom is -0.472 e. The summed E-state index contributed by atoms with van der Waals surface area (Å²) in [6, 6.07) is 7.00. The van der Waals surface area contributed by atoms with E-state index in [0.29, 0.717) is 29.9 Å². The van der Waals surface area contributed by atoms with Crippen molar-refractivity contribution >= 4 is 23.1 Å². The maximum atomic E-state index is 12.3. The Labute approximate surface area is 232 Å². The van der Waals surface area contributed by atoms with Crippen LogP contribution in [0.3, 0.4) is 0 Å². The molecule has 39 heavy (non-hydrogen) atoms. The second-order valence-corrected chi connectivity index (χ2v) is 11.2. The fourth-order valence-corrected chi connectivity index (χ4v) is 6.00. The number of hydrogen-bond acceptors (Lipinski definition) is 9. The molecule has 0 saturated carbocycles. The molecule has 3 saturated heterocycles. The van der Waals surface area contributed by atoms with Gasteiger partial charge in [0.25, 0.3) is 5.91 Å². The first-order valence-corrected chi connectivity index (χ1v) is 14.5. The maximum Gasteiger partial charge on any atom is 0.271 e. The zero-order valence-electron chi connectivity index (χ0n) is 23.7. The van der Waals surface area contributed by atoms with E-state index in [1.165, 1.54) is 50.3 Å². The molecular weight excluding hydrogens is 492 g/mol. The van der Waals surface area contributed by atoms with Gasteiger partial charge in [0.05, 0.1) is 0 Å². The number of anilines is 3. The fourth-order valence-electron chi connectivity index (χ4n) is 6.00. The molecule has 0 spiro atoms. The second-order valence-electron chi connectivity index (χ2n) is 11.2. The lowest BCUT2D eigenvalue weighted by Gasteiger charge is -2.43. The van der Waals surface area contributed by atoms with Gasteiger partial charge >= 0.3 is 0 Å². The summed E-state index contributed by atoms with van der Waals surface area (Å²) in [4.78, 5) is 29.2. The van der Waals surface area contributed by atoms with Crippen LogP contribution < -0.4 is 26.0 Å². The van der Waals surface area contributed by atoms with E-state index in [9.17, 15) is 4.79 Å². The van der Waals surface area contributed by atoms with Crippen molar-refractivity contribution in [3.8, 4) is 5.88 Å². The first kappa shape index (κ1) is 27.6. The number of piperazine rings is 1. The van der Waals surface area contributed by atoms with Crippen LogP contribution in [0.5, 0.6) is 5.88 Å². The van der Waals surface area contributed by atoms with Crippen LogP contribution in [0.2, 0.25) is 0 Å². The van der Waals surface area contributed by atoms with E-state index in [-0.39, 0.29) is 11.8 Å². The highest BCUT2D eigenvalue weighted by Gasteiger charge is 2.27. The van der Waals surface area contributed by atoms with Gasteiger partial charge in [-0.3, -0.25) is 9.69 Å². The number of aryl methyl sites for hydroxylation is 2. The Morgan fingerprint density at radius 2 is 1.90 bits per heavy atom. The third-order valence-electron chi connectivity index (χ3n) is 8.35. The summed E-state index contributed by atoms with van der Waals surface area (Å²) in [6.45, 7) is 12.7. The number of nitrogens with zero attached hydrogens (tertiary/aromatic N) is 5. The Bertz CT molecular complexity index is 1140. The number of aromatic nitrogens is 2. The normalized spacial score (nSPS) is 21.6. The monoisotopic (exact) mass is 536 g/mol. The second kappa shape index (κ2) is 12.5. The average molecular weight is 537 g/mol. The Kier molecular flexibility index (Phi) is 8.84. The predicted molar refractivity (Wildman–Crippen MR) is 155 cm³/mol. The molecule has 212 valence electrons. The predicted octanol–water partition coefficient (Wildman–Crippen LogP) is 2.54. The number of hydrogen-bond donors (Lipinski definition) is 3. The van der Waals surface area contributed by atoms with Crippen LogP contribution in [0.4, 0.5) is 17.2 Å². The van der Waals surface area contributed by atoms with Crippen LogP contribution in [-0.2, 0) is 6.42 Å². The van der Waals surface area contributed by atoms with Crippen molar-refractivity contribution in [2.75, 3.05) is 69.6 Å². The van der Waals surface area contributed by atoms with E-state index in [1.54, 1.807) is 0 Å². The highest BCUT2D eigenvalue weighted by molar-refractivity contribution is 5.96. The van der Waals surface area contributed by atoms with Crippen molar-refractivity contribution < 1.29 is 9.53 Å². The van der Waals surface area contributed by atoms with Gasteiger partial charge in [0.1, 0.15) is 11.8 Å². The van der Waals surface area contributed by atoms with Gasteiger partial charge in [-0.1, -0.05) is 6.92 Å². The molecule has 3 aliphatic rings. The number of nitrogens with one attached hydrogen (secondary N) is 2. The highest BCUT2D eigenvalue weighted by atomic mass is 16.5. The minimum atomic E-state index is -0.609. The van der Waals surface area contributed by atoms with Crippen molar-refractivity contribution in [2.24, 2.45) is 5.73 Å². The number of amides is 1. The average Bonchev–Trinajstić information content (AvgIpc) is 2.94. The number of carbonyl (C=O) groups excluding carboxylic acids is 1. The smallest absolute Gasteiger partial charge is 0.271 e. The quantitative estimate of drug-likeness (QED) is 0.469. The molecule has 3 aliphatic heterocycles. The van der Waals surface area contributed by atoms with Gasteiger partial charge in [0, 0.05) is 63.2 Å². The molecular formula is C29H44N8O2. The number of piperidine rings is 2. The number of likely N-dealkylation sites (N-methyl/N-ethyl adjacent to an activating group) is 1. The standard InChI is InChI=1S/C29H44N8O2/c1-4-24-29(39-23-6-5-11-31-19-23)34-28(26(33-24)27(30)38)32-21-7-8-25(20(2)18-21)37-12-9-22(10-13-37)36-16-14-35(3)15-17-36/h7-8,18,22-23,31H,4-6,9-17,19H2,1-3H3,(H2,30,38)(H,32,34)/t23-/m1/s1. The van der Waals surface area contributed by atoms with Crippen LogP contribution in [0.25, 0.3) is 0 Å². The number of benzene rings is 1. The Morgan fingerprint density at radius 3 is 2.54 bits per heavy atom. The topological polar surface area (TPSA) is 112 Å². The zero-order valence-corrected chi connectivity index (χ0v) is 23.7. The molecule has 4 N–H and O–H groups in total. The van der Waals surface area contributed by atoms with Gasteiger partial charge < -0.3 is 30.9 Å². The van der Waals surface area contributed by atoms with Gasteiger partial charge in [0.2, 0.25) is 5.88 Å². The summed E-state index contributed by atoms with van der Waals surface area (Å²) in [6.07, 6.45) is 5.05. The van der Waals surface area contributed by atoms with E-state index < -0.39 is 5.91 Å². The molecule has 1 atom stereocenters.